The molecule has 0 saturated carbocycles. The van der Waals surface area contributed by atoms with Gasteiger partial charge in [0, 0.05) is 31.3 Å². The Balaban J connectivity index is 1.79. The lowest BCUT2D eigenvalue weighted by molar-refractivity contribution is 0.415. The minimum atomic E-state index is -4.06. The van der Waals surface area contributed by atoms with Crippen molar-refractivity contribution in [3.05, 3.63) is 60.6 Å². The lowest BCUT2D eigenvalue weighted by Crippen LogP contribution is -2.16. The number of para-hydroxylation sites is 2. The molecule has 0 radical (unpaired) electrons. The lowest BCUT2D eigenvalue weighted by atomic mass is 10.1. The summed E-state index contributed by atoms with van der Waals surface area (Å²) in [5, 5.41) is 2.95. The van der Waals surface area contributed by atoms with Crippen molar-refractivity contribution < 1.29 is 21.6 Å². The summed E-state index contributed by atoms with van der Waals surface area (Å²) in [6, 6.07) is 12.2. The molecule has 13 heteroatoms. The third kappa shape index (κ3) is 5.87. The predicted molar refractivity (Wildman–Crippen MR) is 133 cm³/mol. The van der Waals surface area contributed by atoms with Gasteiger partial charge in [-0.2, -0.15) is 8.42 Å². The van der Waals surface area contributed by atoms with Gasteiger partial charge in [-0.1, -0.05) is 18.2 Å². The van der Waals surface area contributed by atoms with E-state index in [2.05, 4.69) is 25.0 Å². The highest BCUT2D eigenvalue weighted by Gasteiger charge is 2.22. The fourth-order valence-electron chi connectivity index (χ4n) is 3.31. The van der Waals surface area contributed by atoms with Crippen molar-refractivity contribution in [1.29, 1.82) is 0 Å². The number of sulfonamides is 1. The Bertz CT molecular complexity index is 1600. The van der Waals surface area contributed by atoms with Crippen LogP contribution >= 0.6 is 0 Å². The summed E-state index contributed by atoms with van der Waals surface area (Å²) in [5.41, 5.74) is 2.22. The first-order valence-corrected chi connectivity index (χ1v) is 14.0. The van der Waals surface area contributed by atoms with Crippen LogP contribution in [0.1, 0.15) is 5.56 Å². The first kappa shape index (κ1) is 24.4. The molecule has 184 valence electrons. The maximum Gasteiger partial charge on any atom is 0.282 e. The number of fused-ring (bicyclic) bond motifs is 1. The molecular weight excluding hydrogens is 492 g/mol. The normalized spacial score (nSPS) is 12.0. The van der Waals surface area contributed by atoms with Crippen molar-refractivity contribution in [2.75, 3.05) is 29.2 Å². The smallest absolute Gasteiger partial charge is 0.282 e. The Hall–Kier alpha value is -3.71. The summed E-state index contributed by atoms with van der Waals surface area (Å²) in [4.78, 5) is 13.0. The largest absolute Gasteiger partial charge is 0.497 e. The highest BCUT2D eigenvalue weighted by molar-refractivity contribution is 7.92. The zero-order valence-corrected chi connectivity index (χ0v) is 20.9. The summed E-state index contributed by atoms with van der Waals surface area (Å²) < 4.78 is 58.7. The molecule has 0 aliphatic rings. The monoisotopic (exact) mass is 516 g/mol. The number of hydrogen-bond donors (Lipinski definition) is 2. The van der Waals surface area contributed by atoms with E-state index >= 15 is 0 Å². The fourth-order valence-corrected chi connectivity index (χ4v) is 4.89. The van der Waals surface area contributed by atoms with Crippen LogP contribution in [0.2, 0.25) is 0 Å². The number of nitrogens with zero attached hydrogens (tertiary/aromatic N) is 4. The topological polar surface area (TPSA) is 145 Å². The van der Waals surface area contributed by atoms with Gasteiger partial charge in [0.1, 0.15) is 15.6 Å². The van der Waals surface area contributed by atoms with Crippen LogP contribution in [-0.2, 0) is 33.3 Å². The quantitative estimate of drug-likeness (QED) is 0.343. The molecule has 0 spiro atoms. The molecule has 0 aliphatic heterocycles. The van der Waals surface area contributed by atoms with E-state index in [1.165, 1.54) is 30.5 Å². The predicted octanol–water partition coefficient (Wildman–Crippen LogP) is 2.50. The van der Waals surface area contributed by atoms with Gasteiger partial charge in [-0.25, -0.2) is 23.4 Å². The summed E-state index contributed by atoms with van der Waals surface area (Å²) >= 11 is 0. The third-order valence-corrected chi connectivity index (χ3v) is 7.24. The van der Waals surface area contributed by atoms with Gasteiger partial charge in [-0.05, 0) is 30.2 Å². The second-order valence-electron chi connectivity index (χ2n) is 7.92. The van der Waals surface area contributed by atoms with E-state index < -0.39 is 19.9 Å². The molecule has 35 heavy (non-hydrogen) atoms. The standard InChI is InChI=1S/C22H24N6O5S2/c1-28-13-20(23-14-28)35(31,32)27-22-21(24-17-6-4-5-7-18(17)25-22)26-19-12-16(33-2)9-8-15(19)10-11-34(3,29)30/h4-9,12-14H,10-11H2,1-3H3,(H,24,26)(H,25,27). The Labute approximate surface area is 203 Å². The van der Waals surface area contributed by atoms with Gasteiger partial charge in [-0.3, -0.25) is 4.72 Å². The van der Waals surface area contributed by atoms with Gasteiger partial charge in [0.25, 0.3) is 10.0 Å². The Morgan fingerprint density at radius 2 is 1.69 bits per heavy atom. The van der Waals surface area contributed by atoms with E-state index in [1.54, 1.807) is 49.5 Å². The molecule has 4 aromatic rings. The molecule has 0 amide bonds. The van der Waals surface area contributed by atoms with Crippen LogP contribution in [0.25, 0.3) is 11.0 Å². The highest BCUT2D eigenvalue weighted by Crippen LogP contribution is 2.31. The van der Waals surface area contributed by atoms with Crippen LogP contribution in [0.15, 0.2) is 60.0 Å². The van der Waals surface area contributed by atoms with E-state index in [4.69, 9.17) is 4.74 Å². The van der Waals surface area contributed by atoms with Crippen LogP contribution in [0.4, 0.5) is 17.3 Å². The first-order chi connectivity index (χ1) is 16.5. The number of methoxy groups -OCH3 is 1. The highest BCUT2D eigenvalue weighted by atomic mass is 32.2. The molecule has 0 fully saturated rings. The molecule has 2 aromatic heterocycles. The van der Waals surface area contributed by atoms with E-state index in [9.17, 15) is 16.8 Å². The number of nitrogens with one attached hydrogen (secondary N) is 2. The van der Waals surface area contributed by atoms with Gasteiger partial charge >= 0.3 is 0 Å². The molecule has 0 aliphatic carbocycles. The van der Waals surface area contributed by atoms with E-state index in [1.807, 2.05) is 0 Å². The molecule has 0 bridgehead atoms. The van der Waals surface area contributed by atoms with Crippen molar-refractivity contribution in [3.63, 3.8) is 0 Å². The number of anilines is 3. The number of hydrogen-bond acceptors (Lipinski definition) is 9. The second kappa shape index (κ2) is 9.50. The second-order valence-corrected chi connectivity index (χ2v) is 11.8. The van der Waals surface area contributed by atoms with Crippen molar-refractivity contribution in [3.8, 4) is 5.75 Å². The number of aromatic nitrogens is 4. The number of rotatable bonds is 9. The molecule has 0 saturated heterocycles. The molecule has 4 rings (SSSR count). The van der Waals surface area contributed by atoms with Crippen LogP contribution in [0.3, 0.4) is 0 Å². The maximum atomic E-state index is 13.0. The number of sulfone groups is 1. The van der Waals surface area contributed by atoms with Gasteiger partial charge < -0.3 is 14.6 Å². The molecule has 2 N–H and O–H groups in total. The number of benzene rings is 2. The van der Waals surface area contributed by atoms with Crippen LogP contribution in [-0.4, -0.2) is 55.5 Å². The van der Waals surface area contributed by atoms with Gasteiger partial charge in [0.05, 0.1) is 30.2 Å². The molecule has 0 atom stereocenters. The number of imidazole rings is 1. The Morgan fingerprint density at radius 1 is 1.00 bits per heavy atom. The first-order valence-electron chi connectivity index (χ1n) is 10.4. The van der Waals surface area contributed by atoms with E-state index in [0.29, 0.717) is 28.0 Å². The average Bonchev–Trinajstić information content (AvgIpc) is 3.25. The SMILES string of the molecule is COc1ccc(CCS(C)(=O)=O)c(Nc2nc3ccccc3nc2NS(=O)(=O)c2cn(C)cn2)c1. The summed E-state index contributed by atoms with van der Waals surface area (Å²) in [6.45, 7) is 0. The van der Waals surface area contributed by atoms with Gasteiger partial charge in [-0.15, -0.1) is 0 Å². The lowest BCUT2D eigenvalue weighted by Gasteiger charge is -2.16. The third-order valence-electron chi connectivity index (χ3n) is 5.07. The molecule has 2 heterocycles. The van der Waals surface area contributed by atoms with Gasteiger partial charge in [0.2, 0.25) is 0 Å². The van der Waals surface area contributed by atoms with Crippen molar-refractivity contribution in [1.82, 2.24) is 19.5 Å². The van der Waals surface area contributed by atoms with Gasteiger partial charge in [0.15, 0.2) is 16.7 Å². The van der Waals surface area contributed by atoms with E-state index in [0.717, 1.165) is 0 Å². The maximum absolute atomic E-state index is 13.0. The summed E-state index contributed by atoms with van der Waals surface area (Å²) in [6.07, 6.45) is 4.16. The minimum Gasteiger partial charge on any atom is -0.497 e. The van der Waals surface area contributed by atoms with Crippen LogP contribution in [0.5, 0.6) is 5.75 Å². The zero-order valence-electron chi connectivity index (χ0n) is 19.3. The fraction of sp³-hybridized carbons (Fsp3) is 0.227. The Kier molecular flexibility index (Phi) is 6.63. The van der Waals surface area contributed by atoms with Crippen LogP contribution in [0, 0.1) is 0 Å². The van der Waals surface area contributed by atoms with Crippen molar-refractivity contribution >= 4 is 48.2 Å². The molecule has 0 unspecified atom stereocenters. The summed E-state index contributed by atoms with van der Waals surface area (Å²) in [5.74, 6) is 0.569. The van der Waals surface area contributed by atoms with Crippen LogP contribution < -0.4 is 14.8 Å². The molecular formula is C22H24N6O5S2. The van der Waals surface area contributed by atoms with E-state index in [-0.39, 0.29) is 28.8 Å². The Morgan fingerprint density at radius 3 is 2.29 bits per heavy atom. The number of aryl methyl sites for hydroxylation is 2. The van der Waals surface area contributed by atoms with Crippen molar-refractivity contribution in [2.45, 2.75) is 11.4 Å². The summed E-state index contributed by atoms with van der Waals surface area (Å²) in [7, 11) is -4.09. The number of ether oxygens (including phenoxy) is 1. The zero-order chi connectivity index (χ0) is 25.2. The minimum absolute atomic E-state index is 0.0359. The molecule has 11 nitrogen and oxygen atoms in total. The van der Waals surface area contributed by atoms with Crippen molar-refractivity contribution in [2.24, 2.45) is 7.05 Å². The molecule has 2 aromatic carbocycles. The average molecular weight is 517 g/mol.